The quantitative estimate of drug-likeness (QED) is 0.713. The lowest BCUT2D eigenvalue weighted by atomic mass is 10.1. The van der Waals surface area contributed by atoms with Crippen LogP contribution >= 0.6 is 0 Å². The molecule has 0 atom stereocenters. The van der Waals surface area contributed by atoms with Gasteiger partial charge in [0.2, 0.25) is 0 Å². The number of halogens is 3. The highest BCUT2D eigenvalue weighted by atomic mass is 19.4. The van der Waals surface area contributed by atoms with Gasteiger partial charge in [0.15, 0.2) is 0 Å². The van der Waals surface area contributed by atoms with E-state index in [-0.39, 0.29) is 6.61 Å². The Morgan fingerprint density at radius 2 is 1.95 bits per heavy atom. The van der Waals surface area contributed by atoms with Gasteiger partial charge >= 0.3 is 6.18 Å². The van der Waals surface area contributed by atoms with Crippen LogP contribution in [0.15, 0.2) is 0 Å². The molecule has 1 N–H and O–H groups in total. The highest BCUT2D eigenvalue weighted by molar-refractivity contribution is 5.24. The molecule has 21 heavy (non-hydrogen) atoms. The second-order valence-electron chi connectivity index (χ2n) is 5.04. The van der Waals surface area contributed by atoms with Gasteiger partial charge in [0.1, 0.15) is 6.61 Å². The first kappa shape index (κ1) is 18.0. The van der Waals surface area contributed by atoms with Crippen LogP contribution < -0.4 is 5.32 Å². The van der Waals surface area contributed by atoms with Crippen molar-refractivity contribution >= 4 is 0 Å². The monoisotopic (exact) mass is 307 g/mol. The van der Waals surface area contributed by atoms with Crippen LogP contribution in [0.25, 0.3) is 0 Å². The Balaban J connectivity index is 2.45. The molecule has 0 aliphatic carbocycles. The van der Waals surface area contributed by atoms with Crippen molar-refractivity contribution in [3.63, 3.8) is 0 Å². The van der Waals surface area contributed by atoms with Gasteiger partial charge in [-0.2, -0.15) is 18.3 Å². The molecule has 0 saturated heterocycles. The van der Waals surface area contributed by atoms with Crippen molar-refractivity contribution < 1.29 is 17.9 Å². The zero-order valence-electron chi connectivity index (χ0n) is 12.9. The minimum Gasteiger partial charge on any atom is -0.370 e. The molecular weight excluding hydrogens is 283 g/mol. The van der Waals surface area contributed by atoms with Crippen LogP contribution in [0, 0.1) is 13.8 Å². The number of nitrogens with zero attached hydrogens (tertiary/aromatic N) is 2. The van der Waals surface area contributed by atoms with E-state index < -0.39 is 12.8 Å². The molecule has 0 unspecified atom stereocenters. The second-order valence-corrected chi connectivity index (χ2v) is 5.04. The maximum Gasteiger partial charge on any atom is 0.411 e. The van der Waals surface area contributed by atoms with Gasteiger partial charge in [-0.15, -0.1) is 0 Å². The van der Waals surface area contributed by atoms with Crippen LogP contribution in [-0.2, 0) is 17.7 Å². The standard InChI is InChI=1S/C14H24F3N3O/c1-4-6-18-7-5-13-11(2)19-20(12(13)3)8-9-21-10-14(15,16)17/h18H,4-10H2,1-3H3. The summed E-state index contributed by atoms with van der Waals surface area (Å²) in [7, 11) is 0. The summed E-state index contributed by atoms with van der Waals surface area (Å²) >= 11 is 0. The molecule has 0 amide bonds. The third kappa shape index (κ3) is 6.48. The summed E-state index contributed by atoms with van der Waals surface area (Å²) in [6.07, 6.45) is -2.31. The Morgan fingerprint density at radius 1 is 1.24 bits per heavy atom. The van der Waals surface area contributed by atoms with E-state index in [2.05, 4.69) is 22.1 Å². The number of aryl methyl sites for hydroxylation is 1. The minimum atomic E-state index is -4.27. The molecule has 0 saturated carbocycles. The Labute approximate surface area is 123 Å². The Hall–Kier alpha value is -1.08. The van der Waals surface area contributed by atoms with E-state index in [9.17, 15) is 13.2 Å². The van der Waals surface area contributed by atoms with Crippen LogP contribution in [-0.4, -0.2) is 42.3 Å². The van der Waals surface area contributed by atoms with Gasteiger partial charge in [-0.1, -0.05) is 6.92 Å². The molecule has 7 heteroatoms. The summed E-state index contributed by atoms with van der Waals surface area (Å²) in [5.41, 5.74) is 3.09. The fraction of sp³-hybridized carbons (Fsp3) is 0.786. The highest BCUT2D eigenvalue weighted by Gasteiger charge is 2.27. The lowest BCUT2D eigenvalue weighted by Gasteiger charge is -2.09. The Morgan fingerprint density at radius 3 is 2.57 bits per heavy atom. The zero-order valence-corrected chi connectivity index (χ0v) is 12.9. The normalized spacial score (nSPS) is 12.1. The van der Waals surface area contributed by atoms with Crippen LogP contribution in [0.5, 0.6) is 0 Å². The number of nitrogens with one attached hydrogen (secondary N) is 1. The van der Waals surface area contributed by atoms with Crippen molar-refractivity contribution in [2.45, 2.75) is 46.3 Å². The van der Waals surface area contributed by atoms with E-state index >= 15 is 0 Å². The largest absolute Gasteiger partial charge is 0.411 e. The van der Waals surface area contributed by atoms with Gasteiger partial charge in [0.25, 0.3) is 0 Å². The van der Waals surface area contributed by atoms with Gasteiger partial charge in [0.05, 0.1) is 18.8 Å². The topological polar surface area (TPSA) is 39.1 Å². The maximum atomic E-state index is 12.0. The second kappa shape index (κ2) is 8.38. The van der Waals surface area contributed by atoms with E-state index in [0.717, 1.165) is 42.9 Å². The molecule has 0 aliphatic heterocycles. The molecule has 4 nitrogen and oxygen atoms in total. The van der Waals surface area contributed by atoms with Gasteiger partial charge in [-0.05, 0) is 45.3 Å². The molecule has 1 aromatic rings. The van der Waals surface area contributed by atoms with Gasteiger partial charge in [-0.25, -0.2) is 0 Å². The third-order valence-corrected chi connectivity index (χ3v) is 3.22. The van der Waals surface area contributed by atoms with Crippen LogP contribution in [0.2, 0.25) is 0 Å². The van der Waals surface area contributed by atoms with E-state index in [4.69, 9.17) is 0 Å². The molecule has 0 spiro atoms. The molecule has 0 bridgehead atoms. The fourth-order valence-corrected chi connectivity index (χ4v) is 2.17. The molecule has 0 aromatic carbocycles. The molecule has 0 aliphatic rings. The van der Waals surface area contributed by atoms with Crippen molar-refractivity contribution in [1.82, 2.24) is 15.1 Å². The minimum absolute atomic E-state index is 0.00892. The maximum absolute atomic E-state index is 12.0. The number of hydrogen-bond acceptors (Lipinski definition) is 3. The molecule has 0 radical (unpaired) electrons. The van der Waals surface area contributed by atoms with Crippen LogP contribution in [0.4, 0.5) is 13.2 Å². The van der Waals surface area contributed by atoms with Gasteiger partial charge in [-0.3, -0.25) is 4.68 Å². The van der Waals surface area contributed by atoms with Gasteiger partial charge < -0.3 is 10.1 Å². The molecule has 1 rings (SSSR count). The summed E-state index contributed by atoms with van der Waals surface area (Å²) in [6, 6.07) is 0. The summed E-state index contributed by atoms with van der Waals surface area (Å²) in [5.74, 6) is 0. The number of hydrogen-bond donors (Lipinski definition) is 1. The summed E-state index contributed by atoms with van der Waals surface area (Å²) < 4.78 is 42.3. The highest BCUT2D eigenvalue weighted by Crippen LogP contribution is 2.15. The first-order valence-corrected chi connectivity index (χ1v) is 7.23. The van der Waals surface area contributed by atoms with Crippen molar-refractivity contribution in [3.05, 3.63) is 17.0 Å². The Kier molecular flexibility index (Phi) is 7.17. The number of ether oxygens (including phenoxy) is 1. The van der Waals surface area contributed by atoms with E-state index in [0.29, 0.717) is 6.54 Å². The summed E-state index contributed by atoms with van der Waals surface area (Å²) in [4.78, 5) is 0. The van der Waals surface area contributed by atoms with E-state index in [1.165, 1.54) is 0 Å². The number of rotatable bonds is 9. The van der Waals surface area contributed by atoms with Gasteiger partial charge in [0, 0.05) is 5.69 Å². The summed E-state index contributed by atoms with van der Waals surface area (Å²) in [5, 5.41) is 7.70. The van der Waals surface area contributed by atoms with Crippen molar-refractivity contribution in [3.8, 4) is 0 Å². The van der Waals surface area contributed by atoms with Crippen molar-refractivity contribution in [1.29, 1.82) is 0 Å². The first-order chi connectivity index (χ1) is 9.85. The number of alkyl halides is 3. The fourth-order valence-electron chi connectivity index (χ4n) is 2.17. The van der Waals surface area contributed by atoms with Crippen LogP contribution in [0.3, 0.4) is 0 Å². The SMILES string of the molecule is CCCNCCc1c(C)nn(CCOCC(F)(F)F)c1C. The zero-order chi connectivity index (χ0) is 15.9. The Bertz CT molecular complexity index is 430. The molecule has 0 fully saturated rings. The van der Waals surface area contributed by atoms with E-state index in [1.807, 2.05) is 13.8 Å². The lowest BCUT2D eigenvalue weighted by Crippen LogP contribution is -2.20. The third-order valence-electron chi connectivity index (χ3n) is 3.22. The lowest BCUT2D eigenvalue weighted by molar-refractivity contribution is -0.174. The predicted molar refractivity (Wildman–Crippen MR) is 75.4 cm³/mol. The molecular formula is C14H24F3N3O. The number of aromatic nitrogens is 2. The molecule has 122 valence electrons. The summed E-state index contributed by atoms with van der Waals surface area (Å²) in [6.45, 7) is 6.99. The van der Waals surface area contributed by atoms with Crippen LogP contribution in [0.1, 0.15) is 30.3 Å². The molecule has 1 heterocycles. The van der Waals surface area contributed by atoms with E-state index in [1.54, 1.807) is 4.68 Å². The van der Waals surface area contributed by atoms with Crippen molar-refractivity contribution in [2.75, 3.05) is 26.3 Å². The predicted octanol–water partition coefficient (Wildman–Crippen LogP) is 2.62. The van der Waals surface area contributed by atoms with Crippen molar-refractivity contribution in [2.24, 2.45) is 0 Å². The smallest absolute Gasteiger partial charge is 0.370 e. The first-order valence-electron chi connectivity index (χ1n) is 7.23. The molecule has 1 aromatic heterocycles. The average molecular weight is 307 g/mol. The average Bonchev–Trinajstić information content (AvgIpc) is 2.65.